The standard InChI is InChI=1S/C16H22ClN3O/c1-4-21-16-6-5-13(9-15(16)17)11-19(2)8-7-14-10-18-20(3)12-14/h5-6,9-10,12H,4,7-8,11H2,1-3H3. The molecule has 2 aromatic rings. The van der Waals surface area contributed by atoms with Gasteiger partial charge in [0.05, 0.1) is 17.8 Å². The number of hydrogen-bond acceptors (Lipinski definition) is 3. The zero-order valence-corrected chi connectivity index (χ0v) is 13.6. The van der Waals surface area contributed by atoms with Gasteiger partial charge in [0.1, 0.15) is 5.75 Å². The van der Waals surface area contributed by atoms with Gasteiger partial charge < -0.3 is 9.64 Å². The van der Waals surface area contributed by atoms with E-state index >= 15 is 0 Å². The number of likely N-dealkylation sites (N-methyl/N-ethyl adjacent to an activating group) is 1. The van der Waals surface area contributed by atoms with Crippen molar-refractivity contribution in [1.29, 1.82) is 0 Å². The zero-order valence-electron chi connectivity index (χ0n) is 12.8. The molecule has 114 valence electrons. The molecule has 1 heterocycles. The molecule has 0 fully saturated rings. The summed E-state index contributed by atoms with van der Waals surface area (Å²) in [4.78, 5) is 2.28. The monoisotopic (exact) mass is 307 g/mol. The first-order valence-electron chi connectivity index (χ1n) is 7.15. The van der Waals surface area contributed by atoms with Crippen molar-refractivity contribution in [1.82, 2.24) is 14.7 Å². The van der Waals surface area contributed by atoms with Crippen LogP contribution in [-0.2, 0) is 20.0 Å². The molecule has 0 spiro atoms. The molecule has 5 heteroatoms. The van der Waals surface area contributed by atoms with Gasteiger partial charge in [-0.2, -0.15) is 5.10 Å². The van der Waals surface area contributed by atoms with Crippen LogP contribution in [0.5, 0.6) is 5.75 Å². The number of halogens is 1. The van der Waals surface area contributed by atoms with Gasteiger partial charge in [0, 0.05) is 26.3 Å². The fraction of sp³-hybridized carbons (Fsp3) is 0.438. The first-order chi connectivity index (χ1) is 10.1. The number of rotatable bonds is 7. The van der Waals surface area contributed by atoms with Crippen molar-refractivity contribution in [2.45, 2.75) is 19.9 Å². The third kappa shape index (κ3) is 4.76. The predicted octanol–water partition coefficient (Wildman–Crippen LogP) is 3.15. The molecule has 4 nitrogen and oxygen atoms in total. The van der Waals surface area contributed by atoms with Crippen LogP contribution in [0.4, 0.5) is 0 Å². The molecule has 21 heavy (non-hydrogen) atoms. The number of benzene rings is 1. The predicted molar refractivity (Wildman–Crippen MR) is 85.9 cm³/mol. The third-order valence-corrected chi connectivity index (χ3v) is 3.58. The molecule has 0 saturated heterocycles. The highest BCUT2D eigenvalue weighted by Crippen LogP contribution is 2.25. The van der Waals surface area contributed by atoms with E-state index in [1.807, 2.05) is 37.0 Å². The average molecular weight is 308 g/mol. The molecular formula is C16H22ClN3O. The maximum absolute atomic E-state index is 6.21. The van der Waals surface area contributed by atoms with Crippen molar-refractivity contribution in [3.05, 3.63) is 46.7 Å². The molecule has 1 aromatic carbocycles. The van der Waals surface area contributed by atoms with Crippen LogP contribution < -0.4 is 4.74 Å². The molecule has 0 unspecified atom stereocenters. The van der Waals surface area contributed by atoms with E-state index in [1.54, 1.807) is 0 Å². The topological polar surface area (TPSA) is 30.3 Å². The lowest BCUT2D eigenvalue weighted by atomic mass is 10.2. The summed E-state index contributed by atoms with van der Waals surface area (Å²) < 4.78 is 7.28. The lowest BCUT2D eigenvalue weighted by Gasteiger charge is -2.17. The third-order valence-electron chi connectivity index (χ3n) is 3.29. The largest absolute Gasteiger partial charge is 0.492 e. The Hall–Kier alpha value is -1.52. The molecule has 0 aliphatic heterocycles. The van der Waals surface area contributed by atoms with Gasteiger partial charge in [-0.15, -0.1) is 0 Å². The maximum atomic E-state index is 6.21. The van der Waals surface area contributed by atoms with Crippen LogP contribution in [0.15, 0.2) is 30.6 Å². The van der Waals surface area contributed by atoms with Gasteiger partial charge in [0.25, 0.3) is 0 Å². The van der Waals surface area contributed by atoms with Crippen molar-refractivity contribution in [3.63, 3.8) is 0 Å². The number of ether oxygens (including phenoxy) is 1. The van der Waals surface area contributed by atoms with Crippen LogP contribution in [0.2, 0.25) is 5.02 Å². The molecule has 0 aliphatic carbocycles. The summed E-state index contributed by atoms with van der Waals surface area (Å²) in [5.74, 6) is 0.751. The second kappa shape index (κ2) is 7.48. The average Bonchev–Trinajstić information content (AvgIpc) is 2.86. The van der Waals surface area contributed by atoms with Crippen molar-refractivity contribution in [2.24, 2.45) is 7.05 Å². The molecule has 0 bridgehead atoms. The summed E-state index contributed by atoms with van der Waals surface area (Å²) in [5, 5.41) is 4.86. The highest BCUT2D eigenvalue weighted by Gasteiger charge is 2.06. The Morgan fingerprint density at radius 2 is 2.14 bits per heavy atom. The highest BCUT2D eigenvalue weighted by atomic mass is 35.5. The van der Waals surface area contributed by atoms with E-state index in [9.17, 15) is 0 Å². The molecule has 0 radical (unpaired) electrons. The van der Waals surface area contributed by atoms with Gasteiger partial charge in [0.2, 0.25) is 0 Å². The summed E-state index contributed by atoms with van der Waals surface area (Å²) in [5.41, 5.74) is 2.45. The molecule has 0 N–H and O–H groups in total. The van der Waals surface area contributed by atoms with E-state index in [0.717, 1.165) is 25.3 Å². The van der Waals surface area contributed by atoms with Crippen molar-refractivity contribution >= 4 is 11.6 Å². The molecular weight excluding hydrogens is 286 g/mol. The van der Waals surface area contributed by atoms with Crippen LogP contribution in [0.3, 0.4) is 0 Å². The summed E-state index contributed by atoms with van der Waals surface area (Å²) in [6.45, 7) is 4.43. The molecule has 0 aliphatic rings. The number of aryl methyl sites for hydroxylation is 1. The number of hydrogen-bond donors (Lipinski definition) is 0. The Labute approximate surface area is 131 Å². The van der Waals surface area contributed by atoms with Crippen molar-refractivity contribution in [3.8, 4) is 5.75 Å². The summed E-state index contributed by atoms with van der Waals surface area (Å²) >= 11 is 6.21. The number of nitrogens with zero attached hydrogens (tertiary/aromatic N) is 3. The fourth-order valence-corrected chi connectivity index (χ4v) is 2.48. The SMILES string of the molecule is CCOc1ccc(CN(C)CCc2cnn(C)c2)cc1Cl. The van der Waals surface area contributed by atoms with Gasteiger partial charge in [-0.1, -0.05) is 17.7 Å². The van der Waals surface area contributed by atoms with Gasteiger partial charge in [-0.05, 0) is 43.7 Å². The smallest absolute Gasteiger partial charge is 0.137 e. The number of aromatic nitrogens is 2. The Balaban J connectivity index is 1.87. The lowest BCUT2D eigenvalue weighted by Crippen LogP contribution is -2.20. The van der Waals surface area contributed by atoms with Gasteiger partial charge in [-0.3, -0.25) is 4.68 Å². The van der Waals surface area contributed by atoms with E-state index in [0.29, 0.717) is 11.6 Å². The Morgan fingerprint density at radius 1 is 1.33 bits per heavy atom. The molecule has 2 rings (SSSR count). The Morgan fingerprint density at radius 3 is 2.76 bits per heavy atom. The Kier molecular flexibility index (Phi) is 5.65. The summed E-state index contributed by atoms with van der Waals surface area (Å²) in [6.07, 6.45) is 4.97. The second-order valence-corrected chi connectivity index (χ2v) is 5.62. The Bertz CT molecular complexity index is 583. The summed E-state index contributed by atoms with van der Waals surface area (Å²) in [7, 11) is 4.05. The normalized spacial score (nSPS) is 11.1. The first kappa shape index (κ1) is 15.9. The molecule has 0 atom stereocenters. The van der Waals surface area contributed by atoms with E-state index in [2.05, 4.69) is 29.3 Å². The van der Waals surface area contributed by atoms with Crippen molar-refractivity contribution in [2.75, 3.05) is 20.2 Å². The van der Waals surface area contributed by atoms with Crippen LogP contribution in [0, 0.1) is 0 Å². The van der Waals surface area contributed by atoms with Crippen molar-refractivity contribution < 1.29 is 4.74 Å². The van der Waals surface area contributed by atoms with Gasteiger partial charge in [-0.25, -0.2) is 0 Å². The van der Waals surface area contributed by atoms with Crippen LogP contribution in [0.25, 0.3) is 0 Å². The lowest BCUT2D eigenvalue weighted by molar-refractivity contribution is 0.329. The minimum Gasteiger partial charge on any atom is -0.492 e. The van der Waals surface area contributed by atoms with E-state index in [1.165, 1.54) is 11.1 Å². The second-order valence-electron chi connectivity index (χ2n) is 5.21. The van der Waals surface area contributed by atoms with Gasteiger partial charge in [0.15, 0.2) is 0 Å². The minimum absolute atomic E-state index is 0.629. The molecule has 1 aromatic heterocycles. The summed E-state index contributed by atoms with van der Waals surface area (Å²) in [6, 6.07) is 5.99. The van der Waals surface area contributed by atoms with Crippen LogP contribution in [-0.4, -0.2) is 34.9 Å². The molecule has 0 amide bonds. The maximum Gasteiger partial charge on any atom is 0.137 e. The quantitative estimate of drug-likeness (QED) is 0.787. The van der Waals surface area contributed by atoms with E-state index < -0.39 is 0 Å². The van der Waals surface area contributed by atoms with Gasteiger partial charge >= 0.3 is 0 Å². The first-order valence-corrected chi connectivity index (χ1v) is 7.53. The molecule has 0 saturated carbocycles. The minimum atomic E-state index is 0.629. The highest BCUT2D eigenvalue weighted by molar-refractivity contribution is 6.32. The van der Waals surface area contributed by atoms with E-state index in [-0.39, 0.29) is 0 Å². The van der Waals surface area contributed by atoms with Crippen LogP contribution in [0.1, 0.15) is 18.1 Å². The van der Waals surface area contributed by atoms with E-state index in [4.69, 9.17) is 16.3 Å². The fourth-order valence-electron chi connectivity index (χ4n) is 2.23. The zero-order chi connectivity index (χ0) is 15.2. The van der Waals surface area contributed by atoms with Crippen LogP contribution >= 0.6 is 11.6 Å².